The van der Waals surface area contributed by atoms with E-state index in [1.807, 2.05) is 53.4 Å². The van der Waals surface area contributed by atoms with E-state index in [-0.39, 0.29) is 17.9 Å². The Morgan fingerprint density at radius 2 is 1.81 bits per heavy atom. The monoisotopic (exact) mass is 503 g/mol. The van der Waals surface area contributed by atoms with Gasteiger partial charge in [-0.05, 0) is 49.2 Å². The van der Waals surface area contributed by atoms with Crippen LogP contribution in [0.2, 0.25) is 0 Å². The van der Waals surface area contributed by atoms with Gasteiger partial charge in [0.2, 0.25) is 11.9 Å². The second kappa shape index (κ2) is 10.7. The Balaban J connectivity index is 0.000000171. The van der Waals surface area contributed by atoms with Gasteiger partial charge in [-0.25, -0.2) is 4.98 Å². The van der Waals surface area contributed by atoms with Crippen molar-refractivity contribution in [3.63, 3.8) is 0 Å². The predicted molar refractivity (Wildman–Crippen MR) is 141 cm³/mol. The third-order valence-corrected chi connectivity index (χ3v) is 6.12. The minimum absolute atomic E-state index is 0.134. The number of ether oxygens (including phenoxy) is 2. The van der Waals surface area contributed by atoms with Gasteiger partial charge in [0.1, 0.15) is 5.75 Å². The Hall–Kier alpha value is -4.38. The zero-order chi connectivity index (χ0) is 25.8. The van der Waals surface area contributed by atoms with Crippen molar-refractivity contribution >= 4 is 40.1 Å². The summed E-state index contributed by atoms with van der Waals surface area (Å²) in [6.07, 6.45) is 3.36. The molecular weight excluding hydrogens is 474 g/mol. The number of aromatic nitrogens is 4. The van der Waals surface area contributed by atoms with Crippen LogP contribution in [-0.4, -0.2) is 64.6 Å². The lowest BCUT2D eigenvalue weighted by atomic mass is 10.2. The number of benzene rings is 2. The molecule has 0 spiro atoms. The number of fused-ring (bicyclic) bond motifs is 1. The van der Waals surface area contributed by atoms with Crippen LogP contribution < -0.4 is 25.0 Å². The molecule has 0 atom stereocenters. The quantitative estimate of drug-likeness (QED) is 0.299. The molecule has 1 amide bonds. The van der Waals surface area contributed by atoms with E-state index in [0.717, 1.165) is 35.2 Å². The number of nitrogens with zero attached hydrogens (tertiary/aromatic N) is 4. The zero-order valence-corrected chi connectivity index (χ0v) is 20.6. The number of hydrogen-bond acceptors (Lipinski definition) is 9. The number of anilines is 4. The van der Waals surface area contributed by atoms with Crippen molar-refractivity contribution in [3.8, 4) is 11.5 Å². The lowest BCUT2D eigenvalue weighted by Gasteiger charge is -2.35. The van der Waals surface area contributed by atoms with E-state index in [9.17, 15) is 9.90 Å². The fraction of sp³-hybridized carbons (Fsp3) is 0.308. The molecule has 37 heavy (non-hydrogen) atoms. The van der Waals surface area contributed by atoms with Crippen LogP contribution in [-0.2, 0) is 4.79 Å². The van der Waals surface area contributed by atoms with Crippen LogP contribution in [0, 0.1) is 5.92 Å². The standard InChI is InChI=1S/C15H16N6O2.C11H13NO2/c1-23-12-6-16-15(21-7-9(22)8-21)18-14(12)17-13-10-4-2-3-5-11(10)19-20-13;1-14-10-6-4-9(5-7-10)12-11(13)8-2-3-8/h2-6,9,22H,7-8H2,1H3,(H2,16,17,18,19,20);4-8H,2-3H2,1H3,(H,12,13). The minimum atomic E-state index is -0.313. The molecule has 4 N–H and O–H groups in total. The van der Waals surface area contributed by atoms with Crippen molar-refractivity contribution in [2.45, 2.75) is 18.9 Å². The molecule has 4 aromatic rings. The predicted octanol–water partition coefficient (Wildman–Crippen LogP) is 3.33. The number of methoxy groups -OCH3 is 2. The minimum Gasteiger partial charge on any atom is -0.497 e. The summed E-state index contributed by atoms with van der Waals surface area (Å²) in [5, 5.41) is 23.7. The maximum atomic E-state index is 11.4. The first-order chi connectivity index (χ1) is 18.0. The second-order valence-electron chi connectivity index (χ2n) is 8.88. The van der Waals surface area contributed by atoms with Crippen LogP contribution >= 0.6 is 0 Å². The molecule has 0 radical (unpaired) electrons. The Morgan fingerprint density at radius 1 is 1.05 bits per heavy atom. The van der Waals surface area contributed by atoms with Gasteiger partial charge in [-0.3, -0.25) is 9.89 Å². The summed E-state index contributed by atoms with van der Waals surface area (Å²) in [6, 6.07) is 15.2. The summed E-state index contributed by atoms with van der Waals surface area (Å²) in [6.45, 7) is 1.08. The zero-order valence-electron chi connectivity index (χ0n) is 20.6. The van der Waals surface area contributed by atoms with Gasteiger partial charge in [-0.15, -0.1) is 0 Å². The molecule has 1 aliphatic heterocycles. The number of nitrogens with one attached hydrogen (secondary N) is 3. The molecule has 192 valence electrons. The molecule has 2 aliphatic rings. The first kappa shape index (κ1) is 24.3. The van der Waals surface area contributed by atoms with Crippen LogP contribution in [0.15, 0.2) is 54.7 Å². The number of carbonyl (C=O) groups is 1. The molecule has 11 nitrogen and oxygen atoms in total. The van der Waals surface area contributed by atoms with E-state index in [4.69, 9.17) is 9.47 Å². The molecule has 1 aliphatic carbocycles. The van der Waals surface area contributed by atoms with Gasteiger partial charge in [0.05, 0.1) is 32.0 Å². The number of aromatic amines is 1. The number of rotatable bonds is 7. The largest absolute Gasteiger partial charge is 0.497 e. The van der Waals surface area contributed by atoms with E-state index in [1.165, 1.54) is 0 Å². The molecule has 3 heterocycles. The number of para-hydroxylation sites is 1. The molecule has 2 fully saturated rings. The molecule has 1 saturated heterocycles. The Morgan fingerprint density at radius 3 is 2.49 bits per heavy atom. The topological polar surface area (TPSA) is 138 Å². The lowest BCUT2D eigenvalue weighted by Crippen LogP contribution is -2.51. The van der Waals surface area contributed by atoms with Gasteiger partial charge in [0.15, 0.2) is 17.4 Å². The van der Waals surface area contributed by atoms with Crippen molar-refractivity contribution in [2.75, 3.05) is 42.8 Å². The molecule has 0 bridgehead atoms. The van der Waals surface area contributed by atoms with Crippen LogP contribution in [0.3, 0.4) is 0 Å². The van der Waals surface area contributed by atoms with E-state index in [2.05, 4.69) is 30.8 Å². The highest BCUT2D eigenvalue weighted by Crippen LogP contribution is 2.31. The number of aliphatic hydroxyl groups excluding tert-OH is 1. The molecule has 1 saturated carbocycles. The molecule has 0 unspecified atom stereocenters. The first-order valence-corrected chi connectivity index (χ1v) is 12.0. The lowest BCUT2D eigenvalue weighted by molar-refractivity contribution is -0.117. The maximum Gasteiger partial charge on any atom is 0.227 e. The van der Waals surface area contributed by atoms with Crippen LogP contribution in [0.5, 0.6) is 11.5 Å². The fourth-order valence-electron chi connectivity index (χ4n) is 3.81. The third kappa shape index (κ3) is 5.72. The van der Waals surface area contributed by atoms with E-state index < -0.39 is 0 Å². The highest BCUT2D eigenvalue weighted by molar-refractivity contribution is 5.94. The summed E-state index contributed by atoms with van der Waals surface area (Å²) in [5.74, 6) is 3.48. The molecule has 11 heteroatoms. The molecule has 2 aromatic heterocycles. The molecule has 6 rings (SSSR count). The summed E-state index contributed by atoms with van der Waals surface area (Å²) in [5.41, 5.74) is 1.77. The normalized spacial score (nSPS) is 14.8. The number of β-amino-alcohol motifs (C(OH)–C–C–N with tert-alkyl or cyclic N) is 1. The summed E-state index contributed by atoms with van der Waals surface area (Å²) in [4.78, 5) is 22.1. The second-order valence-corrected chi connectivity index (χ2v) is 8.88. The van der Waals surface area contributed by atoms with Crippen molar-refractivity contribution in [1.29, 1.82) is 0 Å². The van der Waals surface area contributed by atoms with E-state index >= 15 is 0 Å². The number of carbonyl (C=O) groups excluding carboxylic acids is 1. The highest BCUT2D eigenvalue weighted by Gasteiger charge is 2.29. The maximum absolute atomic E-state index is 11.4. The number of H-pyrrole nitrogens is 1. The Bertz CT molecular complexity index is 1370. The number of aliphatic hydroxyl groups is 1. The fourth-order valence-corrected chi connectivity index (χ4v) is 3.81. The number of amides is 1. The molecule has 2 aromatic carbocycles. The average Bonchev–Trinajstić information content (AvgIpc) is 3.69. The van der Waals surface area contributed by atoms with Crippen LogP contribution in [0.1, 0.15) is 12.8 Å². The van der Waals surface area contributed by atoms with Crippen LogP contribution in [0.4, 0.5) is 23.3 Å². The van der Waals surface area contributed by atoms with Gasteiger partial charge in [0, 0.05) is 30.1 Å². The summed E-state index contributed by atoms with van der Waals surface area (Å²) < 4.78 is 10.3. The van der Waals surface area contributed by atoms with Gasteiger partial charge in [-0.1, -0.05) is 12.1 Å². The average molecular weight is 504 g/mol. The Kier molecular flexibility index (Phi) is 7.04. The summed E-state index contributed by atoms with van der Waals surface area (Å²) >= 11 is 0. The first-order valence-electron chi connectivity index (χ1n) is 12.0. The van der Waals surface area contributed by atoms with E-state index in [0.29, 0.717) is 36.4 Å². The smallest absolute Gasteiger partial charge is 0.227 e. The van der Waals surface area contributed by atoms with Crippen molar-refractivity contribution in [1.82, 2.24) is 20.2 Å². The van der Waals surface area contributed by atoms with Crippen LogP contribution in [0.25, 0.3) is 10.9 Å². The highest BCUT2D eigenvalue weighted by atomic mass is 16.5. The van der Waals surface area contributed by atoms with Gasteiger partial charge < -0.3 is 30.1 Å². The van der Waals surface area contributed by atoms with Gasteiger partial charge in [0.25, 0.3) is 0 Å². The van der Waals surface area contributed by atoms with E-state index in [1.54, 1.807) is 20.4 Å². The van der Waals surface area contributed by atoms with Crippen molar-refractivity contribution in [3.05, 3.63) is 54.7 Å². The van der Waals surface area contributed by atoms with Gasteiger partial charge in [-0.2, -0.15) is 10.1 Å². The molecular formula is C26H29N7O4. The van der Waals surface area contributed by atoms with Gasteiger partial charge >= 0.3 is 0 Å². The SMILES string of the molecule is COc1ccc(NC(=O)C2CC2)cc1.COc1cnc(N2CC(O)C2)nc1Nc1n[nH]c2ccccc12. The van der Waals surface area contributed by atoms with Crippen molar-refractivity contribution < 1.29 is 19.4 Å². The third-order valence-electron chi connectivity index (χ3n) is 6.12. The number of hydrogen-bond donors (Lipinski definition) is 4. The van der Waals surface area contributed by atoms with Crippen molar-refractivity contribution in [2.24, 2.45) is 5.92 Å². The Labute approximate surface area is 213 Å². The summed E-state index contributed by atoms with van der Waals surface area (Å²) in [7, 11) is 3.19.